The number of phenolic OH excluding ortho intramolecular Hbond substituents is 2. The maximum atomic E-state index is 13.2. The van der Waals surface area contributed by atoms with Crippen LogP contribution >= 0.6 is 0 Å². The van der Waals surface area contributed by atoms with Crippen LogP contribution in [0.4, 0.5) is 14.5 Å². The first-order chi connectivity index (χ1) is 9.09. The third-order valence-electron chi connectivity index (χ3n) is 2.53. The monoisotopic (exact) mass is 266 g/mol. The van der Waals surface area contributed by atoms with E-state index in [1.807, 2.05) is 18.2 Å². The van der Waals surface area contributed by atoms with Crippen LogP contribution < -0.4 is 10.9 Å². The van der Waals surface area contributed by atoms with Crippen LogP contribution in [0.15, 0.2) is 36.4 Å². The van der Waals surface area contributed by atoms with Crippen LogP contribution in [0.2, 0.25) is 0 Å². The van der Waals surface area contributed by atoms with Gasteiger partial charge in [-0.1, -0.05) is 18.2 Å². The van der Waals surface area contributed by atoms with Crippen LogP contribution in [-0.2, 0) is 6.54 Å². The van der Waals surface area contributed by atoms with Gasteiger partial charge in [-0.15, -0.1) is 0 Å². The Morgan fingerprint density at radius 3 is 2.37 bits per heavy atom. The number of hydrogen-bond acceptors (Lipinski definition) is 4. The number of benzene rings is 2. The predicted octanol–water partition coefficient (Wildman–Crippen LogP) is 2.49. The zero-order chi connectivity index (χ0) is 13.8. The molecule has 0 bridgehead atoms. The van der Waals surface area contributed by atoms with E-state index in [9.17, 15) is 13.9 Å². The van der Waals surface area contributed by atoms with Crippen molar-refractivity contribution in [3.05, 3.63) is 53.6 Å². The van der Waals surface area contributed by atoms with Crippen LogP contribution in [0.5, 0.6) is 11.5 Å². The highest BCUT2D eigenvalue weighted by Gasteiger charge is 2.16. The second-order valence-corrected chi connectivity index (χ2v) is 3.87. The van der Waals surface area contributed by atoms with Gasteiger partial charge in [0.15, 0.2) is 17.3 Å². The quantitative estimate of drug-likeness (QED) is 0.642. The summed E-state index contributed by atoms with van der Waals surface area (Å²) >= 11 is 0. The van der Waals surface area contributed by atoms with Crippen molar-refractivity contribution in [2.45, 2.75) is 6.54 Å². The van der Waals surface area contributed by atoms with E-state index in [2.05, 4.69) is 10.9 Å². The predicted molar refractivity (Wildman–Crippen MR) is 66.6 cm³/mol. The summed E-state index contributed by atoms with van der Waals surface area (Å²) in [4.78, 5) is 0. The highest BCUT2D eigenvalue weighted by Crippen LogP contribution is 2.31. The van der Waals surface area contributed by atoms with Gasteiger partial charge >= 0.3 is 0 Å². The minimum absolute atomic E-state index is 0.00349. The molecule has 0 saturated heterocycles. The van der Waals surface area contributed by atoms with Crippen LogP contribution in [0, 0.1) is 11.6 Å². The Hall–Kier alpha value is -2.34. The molecule has 4 nitrogen and oxygen atoms in total. The number of hydrazine groups is 1. The third kappa shape index (κ3) is 2.92. The zero-order valence-corrected chi connectivity index (χ0v) is 9.82. The molecule has 0 amide bonds. The molecule has 0 spiro atoms. The third-order valence-corrected chi connectivity index (χ3v) is 2.53. The Morgan fingerprint density at radius 2 is 1.68 bits per heavy atom. The van der Waals surface area contributed by atoms with E-state index >= 15 is 0 Å². The van der Waals surface area contributed by atoms with Crippen molar-refractivity contribution < 1.29 is 19.0 Å². The molecule has 0 unspecified atom stereocenters. The maximum Gasteiger partial charge on any atom is 0.209 e. The molecular weight excluding hydrogens is 254 g/mol. The number of para-hydroxylation sites is 1. The molecule has 2 aromatic rings. The van der Waals surface area contributed by atoms with Gasteiger partial charge in [0.05, 0.1) is 0 Å². The molecule has 19 heavy (non-hydrogen) atoms. The molecular formula is C13H12F2N2O2. The Labute approximate surface area is 108 Å². The summed E-state index contributed by atoms with van der Waals surface area (Å²) < 4.78 is 26.3. The van der Waals surface area contributed by atoms with Crippen LogP contribution in [0.1, 0.15) is 5.56 Å². The van der Waals surface area contributed by atoms with E-state index < -0.39 is 23.1 Å². The van der Waals surface area contributed by atoms with E-state index in [0.717, 1.165) is 11.8 Å². The van der Waals surface area contributed by atoms with Crippen molar-refractivity contribution in [1.29, 1.82) is 0 Å². The zero-order valence-electron chi connectivity index (χ0n) is 9.82. The molecule has 0 heterocycles. The van der Waals surface area contributed by atoms with E-state index in [-0.39, 0.29) is 12.1 Å². The Morgan fingerprint density at radius 1 is 1.00 bits per heavy atom. The molecule has 4 N–H and O–H groups in total. The lowest BCUT2D eigenvalue weighted by atomic mass is 10.1. The first-order valence-corrected chi connectivity index (χ1v) is 5.52. The standard InChI is InChI=1S/C13H12F2N2O2/c14-10-6-8(12(18)11(15)13(10)19)7-16-17-9-4-2-1-3-5-9/h1-6,16-19H,7H2. The molecule has 0 saturated carbocycles. The van der Waals surface area contributed by atoms with Gasteiger partial charge in [-0.3, -0.25) is 0 Å². The van der Waals surface area contributed by atoms with Crippen LogP contribution in [0.3, 0.4) is 0 Å². The van der Waals surface area contributed by atoms with Gasteiger partial charge in [-0.25, -0.2) is 9.82 Å². The highest BCUT2D eigenvalue weighted by molar-refractivity contribution is 5.43. The SMILES string of the molecule is Oc1c(F)cc(CNNc2ccccc2)c(O)c1F. The second-order valence-electron chi connectivity index (χ2n) is 3.87. The van der Waals surface area contributed by atoms with Gasteiger partial charge in [-0.2, -0.15) is 4.39 Å². The molecule has 0 aliphatic rings. The van der Waals surface area contributed by atoms with Gasteiger partial charge in [0, 0.05) is 17.8 Å². The van der Waals surface area contributed by atoms with Gasteiger partial charge in [0.1, 0.15) is 0 Å². The molecule has 0 fully saturated rings. The number of aromatic hydroxyl groups is 2. The van der Waals surface area contributed by atoms with Crippen LogP contribution in [0.25, 0.3) is 0 Å². The molecule has 2 rings (SSSR count). The molecule has 0 radical (unpaired) electrons. The summed E-state index contributed by atoms with van der Waals surface area (Å²) in [6, 6.07) is 9.95. The molecule has 0 atom stereocenters. The lowest BCUT2D eigenvalue weighted by molar-refractivity contribution is 0.362. The van der Waals surface area contributed by atoms with Crippen molar-refractivity contribution in [2.75, 3.05) is 5.43 Å². The lowest BCUT2D eigenvalue weighted by Crippen LogP contribution is -2.21. The average Bonchev–Trinajstić information content (AvgIpc) is 2.43. The molecule has 100 valence electrons. The molecule has 6 heteroatoms. The summed E-state index contributed by atoms with van der Waals surface area (Å²) in [6.07, 6.45) is 0. The van der Waals surface area contributed by atoms with Gasteiger partial charge < -0.3 is 15.6 Å². The number of halogens is 2. The van der Waals surface area contributed by atoms with Gasteiger partial charge in [0.25, 0.3) is 0 Å². The van der Waals surface area contributed by atoms with Crippen molar-refractivity contribution in [1.82, 2.24) is 5.43 Å². The Balaban J connectivity index is 2.04. The number of hydrogen-bond donors (Lipinski definition) is 4. The number of rotatable bonds is 4. The van der Waals surface area contributed by atoms with E-state index in [0.29, 0.717) is 0 Å². The fraction of sp³-hybridized carbons (Fsp3) is 0.0769. The summed E-state index contributed by atoms with van der Waals surface area (Å²) in [5.41, 5.74) is 6.28. The number of phenols is 2. The topological polar surface area (TPSA) is 64.5 Å². The Bertz CT molecular complexity index is 577. The van der Waals surface area contributed by atoms with Crippen molar-refractivity contribution >= 4 is 5.69 Å². The number of anilines is 1. The highest BCUT2D eigenvalue weighted by atomic mass is 19.1. The van der Waals surface area contributed by atoms with Gasteiger partial charge in [-0.05, 0) is 18.2 Å². The minimum Gasteiger partial charge on any atom is -0.504 e. The van der Waals surface area contributed by atoms with E-state index in [4.69, 9.17) is 5.11 Å². The molecule has 2 aromatic carbocycles. The average molecular weight is 266 g/mol. The van der Waals surface area contributed by atoms with Crippen LogP contribution in [-0.4, -0.2) is 10.2 Å². The smallest absolute Gasteiger partial charge is 0.209 e. The fourth-order valence-electron chi connectivity index (χ4n) is 1.55. The fourth-order valence-corrected chi connectivity index (χ4v) is 1.55. The van der Waals surface area contributed by atoms with Crippen molar-refractivity contribution in [2.24, 2.45) is 0 Å². The summed E-state index contributed by atoms with van der Waals surface area (Å²) in [7, 11) is 0. The first kappa shape index (κ1) is 13.1. The molecule has 0 aromatic heterocycles. The van der Waals surface area contributed by atoms with Crippen molar-refractivity contribution in [3.8, 4) is 11.5 Å². The summed E-state index contributed by atoms with van der Waals surface area (Å²) in [5, 5.41) is 18.4. The number of nitrogens with one attached hydrogen (secondary N) is 2. The first-order valence-electron chi connectivity index (χ1n) is 5.52. The van der Waals surface area contributed by atoms with Crippen molar-refractivity contribution in [3.63, 3.8) is 0 Å². The van der Waals surface area contributed by atoms with Gasteiger partial charge in [0.2, 0.25) is 5.82 Å². The second kappa shape index (κ2) is 5.53. The normalized spacial score (nSPS) is 10.4. The summed E-state index contributed by atoms with van der Waals surface area (Å²) in [6.45, 7) is -0.0190. The molecule has 0 aliphatic heterocycles. The lowest BCUT2D eigenvalue weighted by Gasteiger charge is -2.11. The largest absolute Gasteiger partial charge is 0.504 e. The minimum atomic E-state index is -1.36. The summed E-state index contributed by atoms with van der Waals surface area (Å²) in [5.74, 6) is -4.44. The van der Waals surface area contributed by atoms with E-state index in [1.54, 1.807) is 12.1 Å². The molecule has 0 aliphatic carbocycles. The van der Waals surface area contributed by atoms with E-state index in [1.165, 1.54) is 0 Å². The maximum absolute atomic E-state index is 13.2. The Kier molecular flexibility index (Phi) is 3.82.